The van der Waals surface area contributed by atoms with Gasteiger partial charge in [-0.25, -0.2) is 4.79 Å². The summed E-state index contributed by atoms with van der Waals surface area (Å²) in [6.07, 6.45) is 5.54. The van der Waals surface area contributed by atoms with Crippen molar-refractivity contribution in [1.82, 2.24) is 9.80 Å². The summed E-state index contributed by atoms with van der Waals surface area (Å²) in [5.41, 5.74) is 6.44. The maximum Gasteiger partial charge on any atom is 1.00 e. The Balaban J connectivity index is 0.00000171. The molecule has 3 atom stereocenters. The summed E-state index contributed by atoms with van der Waals surface area (Å²) in [6, 6.07) is 4.52. The second kappa shape index (κ2) is 8.33. The Morgan fingerprint density at radius 3 is 2.70 bits per heavy atom. The van der Waals surface area contributed by atoms with Crippen molar-refractivity contribution in [3.63, 3.8) is 0 Å². The zero-order chi connectivity index (χ0) is 20.9. The molecule has 9 nitrogen and oxygen atoms in total. The molecule has 1 aromatic heterocycles. The molecule has 0 aromatic carbocycles. The van der Waals surface area contributed by atoms with E-state index in [-0.39, 0.29) is 67.0 Å². The van der Waals surface area contributed by atoms with Gasteiger partial charge in [0.05, 0.1) is 6.04 Å². The van der Waals surface area contributed by atoms with Crippen molar-refractivity contribution in [1.29, 1.82) is 0 Å². The summed E-state index contributed by atoms with van der Waals surface area (Å²) >= 11 is 0. The first-order valence-corrected chi connectivity index (χ1v) is 9.31. The van der Waals surface area contributed by atoms with E-state index in [1.807, 2.05) is 0 Å². The molecule has 0 unspecified atom stereocenters. The fourth-order valence-corrected chi connectivity index (χ4v) is 4.58. The van der Waals surface area contributed by atoms with E-state index in [9.17, 15) is 24.3 Å². The molecule has 10 heteroatoms. The van der Waals surface area contributed by atoms with Crippen molar-refractivity contribution >= 4 is 29.8 Å². The Morgan fingerprint density at radius 1 is 1.33 bits per heavy atom. The number of aromatic nitrogens is 1. The van der Waals surface area contributed by atoms with Crippen LogP contribution in [0.5, 0.6) is 0 Å². The number of nitrogens with zero attached hydrogens (tertiary/aromatic N) is 3. The molecule has 3 aliphatic rings. The number of β-lactam (4-membered cyclic amide) rings is 1. The number of likely N-dealkylation sites (tertiary alicyclic amines) is 1. The maximum absolute atomic E-state index is 12.6. The number of primary amides is 1. The zero-order valence-electron chi connectivity index (χ0n) is 17.8. The molecule has 4 heterocycles. The maximum atomic E-state index is 12.6. The van der Waals surface area contributed by atoms with E-state index in [1.54, 1.807) is 41.1 Å². The van der Waals surface area contributed by atoms with Crippen LogP contribution in [0.2, 0.25) is 0 Å². The van der Waals surface area contributed by atoms with Crippen molar-refractivity contribution in [3.8, 4) is 0 Å². The molecule has 30 heavy (non-hydrogen) atoms. The standard InChI is InChI=1S/C20H20N4O5.Na.H/c1-11(25)23-9-13-8-12(17(20(28)29)24-16(13)18(23)19(24)27)5-6-14-4-2-3-7-22(14)10-15(21)26;;/h2-7,13,16,18H,8-10H2,1H3,(H2-,21,26,28,29);;/q;+1;-1/p+1/t13-,16-,18+;;/m1../s1. The van der Waals surface area contributed by atoms with E-state index in [4.69, 9.17) is 5.73 Å². The smallest absolute Gasteiger partial charge is 1.00 e. The number of aliphatic carboxylic acids is 1. The minimum absolute atomic E-state index is 0. The van der Waals surface area contributed by atoms with E-state index >= 15 is 0 Å². The van der Waals surface area contributed by atoms with Gasteiger partial charge in [0.1, 0.15) is 11.7 Å². The summed E-state index contributed by atoms with van der Waals surface area (Å²) in [7, 11) is 0. The number of carbonyl (C=O) groups is 4. The fourth-order valence-electron chi connectivity index (χ4n) is 4.58. The molecule has 0 aliphatic carbocycles. The van der Waals surface area contributed by atoms with Gasteiger partial charge in [-0.15, -0.1) is 0 Å². The Labute approximate surface area is 196 Å². The fraction of sp³-hybridized carbons (Fsp3) is 0.350. The third-order valence-corrected chi connectivity index (χ3v) is 5.75. The number of hydrogen-bond donors (Lipinski definition) is 2. The van der Waals surface area contributed by atoms with Crippen LogP contribution in [0.25, 0.3) is 6.08 Å². The van der Waals surface area contributed by atoms with Gasteiger partial charge in [0.15, 0.2) is 6.20 Å². The molecule has 0 spiro atoms. The minimum atomic E-state index is -1.17. The quantitative estimate of drug-likeness (QED) is 0.289. The zero-order valence-corrected chi connectivity index (χ0v) is 18.8. The number of pyridine rings is 1. The second-order valence-corrected chi connectivity index (χ2v) is 7.51. The molecule has 2 fully saturated rings. The number of amides is 3. The Bertz CT molecular complexity index is 1010. The SMILES string of the molecule is CC(=O)N1C[C@H]2CC(/C=C/c3cccc[n+]3CC(N)=O)=C(C(=O)O)N3C(=O)[C@@H]1[C@@H]23.[H-].[Na+]. The first-order valence-electron chi connectivity index (χ1n) is 9.31. The monoisotopic (exact) mass is 421 g/mol. The van der Waals surface area contributed by atoms with E-state index in [0.717, 1.165) is 0 Å². The minimum Gasteiger partial charge on any atom is -1.00 e. The van der Waals surface area contributed by atoms with E-state index in [2.05, 4.69) is 0 Å². The van der Waals surface area contributed by atoms with Crippen LogP contribution in [0.4, 0.5) is 0 Å². The Hall–Kier alpha value is -2.49. The number of carboxylic acids is 1. The molecular weight excluding hydrogens is 399 g/mol. The van der Waals surface area contributed by atoms with Crippen LogP contribution < -0.4 is 39.9 Å². The van der Waals surface area contributed by atoms with Crippen molar-refractivity contribution in [3.05, 3.63) is 47.4 Å². The average Bonchev–Trinajstić information content (AvgIpc) is 3.02. The Kier molecular flexibility index (Phi) is 6.16. The van der Waals surface area contributed by atoms with Gasteiger partial charge in [-0.3, -0.25) is 19.3 Å². The molecule has 0 bridgehead atoms. The molecular formula is C20H22N4NaO5+. The van der Waals surface area contributed by atoms with Crippen LogP contribution in [0.15, 0.2) is 41.7 Å². The molecule has 3 N–H and O–H groups in total. The number of hydrogen-bond acceptors (Lipinski definition) is 4. The van der Waals surface area contributed by atoms with Gasteiger partial charge in [-0.2, -0.15) is 4.57 Å². The molecule has 0 radical (unpaired) electrons. The van der Waals surface area contributed by atoms with Crippen LogP contribution in [0.1, 0.15) is 20.5 Å². The van der Waals surface area contributed by atoms with E-state index < -0.39 is 17.9 Å². The van der Waals surface area contributed by atoms with Crippen LogP contribution in [0.3, 0.4) is 0 Å². The Morgan fingerprint density at radius 2 is 2.07 bits per heavy atom. The molecule has 152 valence electrons. The van der Waals surface area contributed by atoms with Gasteiger partial charge in [0, 0.05) is 37.6 Å². The summed E-state index contributed by atoms with van der Waals surface area (Å²) in [5.74, 6) is -2.19. The van der Waals surface area contributed by atoms with Crippen LogP contribution >= 0.6 is 0 Å². The van der Waals surface area contributed by atoms with Crippen molar-refractivity contribution in [2.75, 3.05) is 6.54 Å². The van der Waals surface area contributed by atoms with Crippen molar-refractivity contribution < 1.29 is 59.8 Å². The van der Waals surface area contributed by atoms with Crippen LogP contribution in [-0.4, -0.2) is 57.2 Å². The summed E-state index contributed by atoms with van der Waals surface area (Å²) in [6.45, 7) is 1.85. The summed E-state index contributed by atoms with van der Waals surface area (Å²) in [4.78, 5) is 50.6. The largest absolute Gasteiger partial charge is 1.00 e. The molecule has 4 rings (SSSR count). The number of rotatable bonds is 5. The van der Waals surface area contributed by atoms with Crippen LogP contribution in [-0.2, 0) is 25.7 Å². The summed E-state index contributed by atoms with van der Waals surface area (Å²) < 4.78 is 1.66. The third-order valence-electron chi connectivity index (χ3n) is 5.75. The van der Waals surface area contributed by atoms with Gasteiger partial charge in [0.25, 0.3) is 11.8 Å². The number of nitrogens with two attached hydrogens (primary N) is 1. The van der Waals surface area contributed by atoms with Gasteiger partial charge in [0.2, 0.25) is 18.1 Å². The second-order valence-electron chi connectivity index (χ2n) is 7.51. The van der Waals surface area contributed by atoms with Gasteiger partial charge in [-0.1, -0.05) is 6.08 Å². The topological polar surface area (TPSA) is 125 Å². The number of carboxylic acid groups (broad SMARTS) is 1. The summed E-state index contributed by atoms with van der Waals surface area (Å²) in [5, 5.41) is 9.75. The van der Waals surface area contributed by atoms with Crippen molar-refractivity contribution in [2.24, 2.45) is 11.7 Å². The van der Waals surface area contributed by atoms with Gasteiger partial charge in [-0.05, 0) is 18.1 Å². The third kappa shape index (κ3) is 3.57. The molecule has 3 aliphatic heterocycles. The van der Waals surface area contributed by atoms with Crippen LogP contribution in [0, 0.1) is 5.92 Å². The predicted molar refractivity (Wildman–Crippen MR) is 101 cm³/mol. The molecule has 3 amide bonds. The first-order chi connectivity index (χ1) is 13.8. The van der Waals surface area contributed by atoms with E-state index in [1.165, 1.54) is 16.7 Å². The number of allylic oxidation sites excluding steroid dienone is 2. The normalized spacial score (nSPS) is 24.4. The average molecular weight is 421 g/mol. The molecule has 1 aromatic rings. The van der Waals surface area contributed by atoms with Gasteiger partial charge < -0.3 is 17.2 Å². The molecule has 2 saturated heterocycles. The van der Waals surface area contributed by atoms with Gasteiger partial charge >= 0.3 is 35.5 Å². The first kappa shape index (κ1) is 22.2. The molecule has 0 saturated carbocycles. The number of carbonyl (C=O) groups excluding carboxylic acids is 3. The van der Waals surface area contributed by atoms with Crippen molar-refractivity contribution in [2.45, 2.75) is 32.0 Å². The predicted octanol–water partition coefficient (Wildman–Crippen LogP) is -3.61. The van der Waals surface area contributed by atoms with E-state index in [0.29, 0.717) is 24.2 Å².